The van der Waals surface area contributed by atoms with Crippen molar-refractivity contribution in [3.8, 4) is 0 Å². The molecule has 1 saturated heterocycles. The number of hydrogen-bond donors (Lipinski definition) is 1. The highest BCUT2D eigenvalue weighted by Crippen LogP contribution is 2.27. The van der Waals surface area contributed by atoms with E-state index < -0.39 is 0 Å². The molecule has 1 N–H and O–H groups in total. The smallest absolute Gasteiger partial charge is 0.230 e. The Balaban J connectivity index is 1.36. The predicted octanol–water partition coefficient (Wildman–Crippen LogP) is 5.00. The minimum atomic E-state index is -0.112. The summed E-state index contributed by atoms with van der Waals surface area (Å²) in [6.07, 6.45) is 2.41. The van der Waals surface area contributed by atoms with Gasteiger partial charge in [0.1, 0.15) is 0 Å². The van der Waals surface area contributed by atoms with Gasteiger partial charge in [-0.1, -0.05) is 23.7 Å². The molecule has 0 saturated carbocycles. The number of carbonyl (C=O) groups excluding carboxylic acids is 2. The number of hydrogen-bond acceptors (Lipinski definition) is 4. The van der Waals surface area contributed by atoms with Crippen molar-refractivity contribution in [1.82, 2.24) is 4.98 Å². The summed E-state index contributed by atoms with van der Waals surface area (Å²) < 4.78 is 0. The summed E-state index contributed by atoms with van der Waals surface area (Å²) in [5.41, 5.74) is 4.47. The van der Waals surface area contributed by atoms with Gasteiger partial charge < -0.3 is 10.2 Å². The van der Waals surface area contributed by atoms with Gasteiger partial charge in [0, 0.05) is 41.2 Å². The molecule has 0 unspecified atom stereocenters. The highest BCUT2D eigenvalue weighted by molar-refractivity contribution is 7.09. The molecule has 7 heteroatoms. The maximum atomic E-state index is 12.5. The number of rotatable bonds is 6. The largest absolute Gasteiger partial charge is 0.326 e. The maximum absolute atomic E-state index is 12.5. The van der Waals surface area contributed by atoms with Crippen molar-refractivity contribution in [3.63, 3.8) is 0 Å². The first kappa shape index (κ1) is 20.6. The van der Waals surface area contributed by atoms with E-state index >= 15 is 0 Å². The Morgan fingerprint density at radius 2 is 2.13 bits per heavy atom. The molecule has 5 nitrogen and oxygen atoms in total. The van der Waals surface area contributed by atoms with E-state index in [1.165, 1.54) is 0 Å². The molecule has 2 heterocycles. The first-order chi connectivity index (χ1) is 14.5. The highest BCUT2D eigenvalue weighted by atomic mass is 35.5. The SMILES string of the molecule is Cc1cc(NC(=O)Cc2csc(Cc3cccc(Cl)c3)n2)ccc1N1CCCC1=O. The molecule has 1 aliphatic heterocycles. The number of nitrogens with zero attached hydrogens (tertiary/aromatic N) is 2. The van der Waals surface area contributed by atoms with Crippen LogP contribution in [0.2, 0.25) is 5.02 Å². The quantitative estimate of drug-likeness (QED) is 0.587. The van der Waals surface area contributed by atoms with E-state index in [1.807, 2.05) is 59.7 Å². The van der Waals surface area contributed by atoms with E-state index in [2.05, 4.69) is 10.3 Å². The average molecular weight is 440 g/mol. The van der Waals surface area contributed by atoms with Gasteiger partial charge in [0.2, 0.25) is 11.8 Å². The number of amides is 2. The third kappa shape index (κ3) is 4.89. The van der Waals surface area contributed by atoms with Crippen LogP contribution in [0.4, 0.5) is 11.4 Å². The van der Waals surface area contributed by atoms with E-state index in [9.17, 15) is 9.59 Å². The van der Waals surface area contributed by atoms with Crippen LogP contribution in [0.5, 0.6) is 0 Å². The second-order valence-corrected chi connectivity index (χ2v) is 8.79. The maximum Gasteiger partial charge on any atom is 0.230 e. The summed E-state index contributed by atoms with van der Waals surface area (Å²) in [7, 11) is 0. The number of benzene rings is 2. The van der Waals surface area contributed by atoms with Crippen LogP contribution in [-0.4, -0.2) is 23.3 Å². The van der Waals surface area contributed by atoms with Crippen molar-refractivity contribution in [2.75, 3.05) is 16.8 Å². The predicted molar refractivity (Wildman–Crippen MR) is 121 cm³/mol. The van der Waals surface area contributed by atoms with E-state index in [-0.39, 0.29) is 18.2 Å². The van der Waals surface area contributed by atoms with Crippen LogP contribution >= 0.6 is 22.9 Å². The third-order valence-electron chi connectivity index (χ3n) is 5.03. The molecule has 0 aliphatic carbocycles. The summed E-state index contributed by atoms with van der Waals surface area (Å²) in [6.45, 7) is 2.71. The lowest BCUT2D eigenvalue weighted by Gasteiger charge is -2.19. The summed E-state index contributed by atoms with van der Waals surface area (Å²) in [5, 5.41) is 6.52. The Hall–Kier alpha value is -2.70. The van der Waals surface area contributed by atoms with Crippen LogP contribution in [0.15, 0.2) is 47.8 Å². The van der Waals surface area contributed by atoms with Crippen LogP contribution in [0, 0.1) is 6.92 Å². The van der Waals surface area contributed by atoms with Crippen LogP contribution in [-0.2, 0) is 22.4 Å². The summed E-state index contributed by atoms with van der Waals surface area (Å²) >= 11 is 7.58. The van der Waals surface area contributed by atoms with Crippen LogP contribution in [0.25, 0.3) is 0 Å². The third-order valence-corrected chi connectivity index (χ3v) is 6.16. The molecule has 154 valence electrons. The Labute approximate surface area is 184 Å². The van der Waals surface area contributed by atoms with Crippen LogP contribution < -0.4 is 10.2 Å². The Morgan fingerprint density at radius 1 is 1.27 bits per heavy atom. The topological polar surface area (TPSA) is 62.3 Å². The lowest BCUT2D eigenvalue weighted by molar-refractivity contribution is -0.117. The molecule has 0 bridgehead atoms. The zero-order chi connectivity index (χ0) is 21.1. The van der Waals surface area contributed by atoms with Gasteiger partial charge in [-0.2, -0.15) is 0 Å². The molecule has 1 aromatic heterocycles. The molecule has 4 rings (SSSR count). The number of nitrogens with one attached hydrogen (secondary N) is 1. The van der Waals surface area contributed by atoms with Gasteiger partial charge in [-0.15, -0.1) is 11.3 Å². The molecule has 1 fully saturated rings. The minimum absolute atomic E-state index is 0.112. The number of carbonyl (C=O) groups is 2. The lowest BCUT2D eigenvalue weighted by Crippen LogP contribution is -2.24. The molecule has 0 radical (unpaired) electrons. The van der Waals surface area contributed by atoms with Gasteiger partial charge in [-0.05, 0) is 54.8 Å². The molecule has 0 spiro atoms. The van der Waals surface area contributed by atoms with Crippen LogP contribution in [0.3, 0.4) is 0 Å². The van der Waals surface area contributed by atoms with E-state index in [0.717, 1.165) is 46.2 Å². The second-order valence-electron chi connectivity index (χ2n) is 7.41. The molecule has 0 atom stereocenters. The first-order valence-corrected chi connectivity index (χ1v) is 11.1. The molecule has 2 aromatic carbocycles. The zero-order valence-electron chi connectivity index (χ0n) is 16.7. The first-order valence-electron chi connectivity index (χ1n) is 9.86. The summed E-state index contributed by atoms with van der Waals surface area (Å²) in [4.78, 5) is 30.8. The van der Waals surface area contributed by atoms with Crippen molar-refractivity contribution in [3.05, 3.63) is 74.7 Å². The van der Waals surface area contributed by atoms with Gasteiger partial charge >= 0.3 is 0 Å². The number of aromatic nitrogens is 1. The average Bonchev–Trinajstić information content (AvgIpc) is 3.31. The minimum Gasteiger partial charge on any atom is -0.326 e. The fourth-order valence-corrected chi connectivity index (χ4v) is 4.68. The number of halogens is 1. The number of aryl methyl sites for hydroxylation is 1. The summed E-state index contributed by atoms with van der Waals surface area (Å²) in [5.74, 6) is 0.0472. The second kappa shape index (κ2) is 8.98. The van der Waals surface area contributed by atoms with E-state index in [4.69, 9.17) is 11.6 Å². The van der Waals surface area contributed by atoms with Gasteiger partial charge in [-0.25, -0.2) is 4.98 Å². The van der Waals surface area contributed by atoms with Crippen molar-refractivity contribution in [1.29, 1.82) is 0 Å². The zero-order valence-corrected chi connectivity index (χ0v) is 18.2. The molecular weight excluding hydrogens is 418 g/mol. The van der Waals surface area contributed by atoms with Crippen molar-refractivity contribution >= 4 is 46.1 Å². The highest BCUT2D eigenvalue weighted by Gasteiger charge is 2.23. The molecule has 30 heavy (non-hydrogen) atoms. The van der Waals surface area contributed by atoms with Gasteiger partial charge in [0.05, 0.1) is 17.1 Å². The van der Waals surface area contributed by atoms with Gasteiger partial charge in [-0.3, -0.25) is 9.59 Å². The molecule has 1 aliphatic rings. The van der Waals surface area contributed by atoms with Crippen molar-refractivity contribution < 1.29 is 9.59 Å². The Kier molecular flexibility index (Phi) is 6.16. The summed E-state index contributed by atoms with van der Waals surface area (Å²) in [6, 6.07) is 13.4. The standard InChI is InChI=1S/C23H22ClN3O2S/c1-15-10-18(7-8-20(15)27-9-3-6-23(27)29)25-21(28)13-19-14-30-22(26-19)12-16-4-2-5-17(24)11-16/h2,4-5,7-8,10-11,14H,3,6,9,12-13H2,1H3,(H,25,28). The van der Waals surface area contributed by atoms with Crippen molar-refractivity contribution in [2.45, 2.75) is 32.6 Å². The normalized spacial score (nSPS) is 13.7. The van der Waals surface area contributed by atoms with E-state index in [1.54, 1.807) is 11.3 Å². The van der Waals surface area contributed by atoms with Crippen LogP contribution in [0.1, 0.15) is 34.7 Å². The fourth-order valence-electron chi connectivity index (χ4n) is 3.64. The van der Waals surface area contributed by atoms with Gasteiger partial charge in [0.25, 0.3) is 0 Å². The monoisotopic (exact) mass is 439 g/mol. The Bertz CT molecular complexity index is 1100. The number of anilines is 2. The lowest BCUT2D eigenvalue weighted by atomic mass is 10.1. The molecule has 2 amide bonds. The van der Waals surface area contributed by atoms with Gasteiger partial charge in [0.15, 0.2) is 0 Å². The fraction of sp³-hybridized carbons (Fsp3) is 0.261. The number of thiazole rings is 1. The Morgan fingerprint density at radius 3 is 2.87 bits per heavy atom. The molecular formula is C23H22ClN3O2S. The van der Waals surface area contributed by atoms with E-state index in [0.29, 0.717) is 17.9 Å². The van der Waals surface area contributed by atoms with Crippen molar-refractivity contribution in [2.24, 2.45) is 0 Å². The molecule has 3 aromatic rings.